The summed E-state index contributed by atoms with van der Waals surface area (Å²) in [6.07, 6.45) is 45.5. The lowest BCUT2D eigenvalue weighted by Gasteiger charge is -2.39. The Morgan fingerprint density at radius 3 is 1.31 bits per heavy atom. The largest absolute Gasteiger partial charge is 0.457 e. The van der Waals surface area contributed by atoms with Gasteiger partial charge in [0.2, 0.25) is 0 Å². The van der Waals surface area contributed by atoms with Gasteiger partial charge in [-0.2, -0.15) is 0 Å². The molecule has 1 saturated heterocycles. The smallest absolute Gasteiger partial charge is 0.306 e. The fourth-order valence-electron chi connectivity index (χ4n) is 8.49. The van der Waals surface area contributed by atoms with Gasteiger partial charge in [0, 0.05) is 13.0 Å². The highest BCUT2D eigenvalue weighted by Crippen LogP contribution is 2.23. The normalized spacial score (nSPS) is 19.7. The van der Waals surface area contributed by atoms with Gasteiger partial charge in [-0.3, -0.25) is 4.79 Å². The highest BCUT2D eigenvalue weighted by atomic mass is 16.7. The molecule has 0 amide bonds. The Morgan fingerprint density at radius 2 is 0.887 bits per heavy atom. The molecular formula is C53H102O9. The molecule has 0 radical (unpaired) electrons. The van der Waals surface area contributed by atoms with Gasteiger partial charge in [0.1, 0.15) is 30.5 Å². The van der Waals surface area contributed by atoms with Crippen LogP contribution in [0.25, 0.3) is 0 Å². The molecule has 9 nitrogen and oxygen atoms in total. The van der Waals surface area contributed by atoms with E-state index in [1.54, 1.807) is 0 Å². The van der Waals surface area contributed by atoms with E-state index in [0.717, 1.165) is 44.9 Å². The molecule has 6 unspecified atom stereocenters. The van der Waals surface area contributed by atoms with Crippen LogP contribution >= 0.6 is 0 Å². The molecule has 6 atom stereocenters. The highest BCUT2D eigenvalue weighted by molar-refractivity contribution is 5.69. The van der Waals surface area contributed by atoms with E-state index in [-0.39, 0.29) is 19.2 Å². The third-order valence-electron chi connectivity index (χ3n) is 12.7. The third kappa shape index (κ3) is 35.2. The Balaban J connectivity index is 2.13. The van der Waals surface area contributed by atoms with Crippen molar-refractivity contribution < 1.29 is 44.2 Å². The Hall–Kier alpha value is -1.07. The zero-order valence-electron chi connectivity index (χ0n) is 40.6. The molecule has 0 aromatic carbocycles. The van der Waals surface area contributed by atoms with Crippen molar-refractivity contribution in [2.24, 2.45) is 0 Å². The van der Waals surface area contributed by atoms with Crippen molar-refractivity contribution >= 4 is 5.97 Å². The summed E-state index contributed by atoms with van der Waals surface area (Å²) in [7, 11) is 0. The maximum atomic E-state index is 12.8. The maximum Gasteiger partial charge on any atom is 0.306 e. The number of unbranched alkanes of at least 4 members (excludes halogenated alkanes) is 34. The highest BCUT2D eigenvalue weighted by Gasteiger charge is 2.44. The predicted octanol–water partition coefficient (Wildman–Crippen LogP) is 13.2. The number of carbonyl (C=O) groups excluding carboxylic acids is 1. The molecule has 1 fully saturated rings. The van der Waals surface area contributed by atoms with Crippen molar-refractivity contribution in [3.05, 3.63) is 12.2 Å². The van der Waals surface area contributed by atoms with Crippen LogP contribution in [-0.2, 0) is 23.7 Å². The van der Waals surface area contributed by atoms with Crippen LogP contribution in [0.5, 0.6) is 0 Å². The van der Waals surface area contributed by atoms with E-state index >= 15 is 0 Å². The van der Waals surface area contributed by atoms with E-state index in [1.165, 1.54) is 193 Å². The average molecular weight is 883 g/mol. The lowest BCUT2D eigenvalue weighted by atomic mass is 9.99. The van der Waals surface area contributed by atoms with Crippen LogP contribution in [-0.4, -0.2) is 89.6 Å². The monoisotopic (exact) mass is 883 g/mol. The van der Waals surface area contributed by atoms with Crippen LogP contribution in [0.3, 0.4) is 0 Å². The Kier molecular flexibility index (Phi) is 42.9. The summed E-state index contributed by atoms with van der Waals surface area (Å²) in [6, 6.07) is 0. The number of ether oxygens (including phenoxy) is 4. The van der Waals surface area contributed by atoms with Gasteiger partial charge in [-0.15, -0.1) is 0 Å². The molecule has 0 saturated carbocycles. The third-order valence-corrected chi connectivity index (χ3v) is 12.7. The van der Waals surface area contributed by atoms with Crippen molar-refractivity contribution in [1.82, 2.24) is 0 Å². The number of aliphatic hydroxyl groups excluding tert-OH is 4. The zero-order valence-corrected chi connectivity index (χ0v) is 40.6. The molecule has 0 spiro atoms. The van der Waals surface area contributed by atoms with Crippen LogP contribution in [0, 0.1) is 0 Å². The Labute approximate surface area is 382 Å². The quantitative estimate of drug-likeness (QED) is 0.0268. The standard InChI is InChI=1S/C53H102O9/c1-3-5-7-9-11-13-15-17-19-20-21-22-23-24-25-26-27-28-29-31-33-35-37-39-41-43-59-45-47(46-60-53-52(58)51(57)50(56)48(44-54)62-53)61-49(55)42-40-38-36-34-32-30-18-16-14-12-10-8-6-4-2/h16,18,47-48,50-54,56-58H,3-15,17,19-46H2,1-2H3/b18-16-. The second-order valence-electron chi connectivity index (χ2n) is 18.7. The molecule has 0 aromatic rings. The zero-order chi connectivity index (χ0) is 45.0. The molecule has 1 rings (SSSR count). The van der Waals surface area contributed by atoms with Gasteiger partial charge in [-0.1, -0.05) is 225 Å². The van der Waals surface area contributed by atoms with Gasteiger partial charge in [-0.25, -0.2) is 0 Å². The van der Waals surface area contributed by atoms with Crippen molar-refractivity contribution in [2.45, 2.75) is 295 Å². The minimum absolute atomic E-state index is 0.111. The first kappa shape index (κ1) is 58.9. The van der Waals surface area contributed by atoms with E-state index in [4.69, 9.17) is 18.9 Å². The summed E-state index contributed by atoms with van der Waals surface area (Å²) in [5.41, 5.74) is 0. The molecule has 0 aliphatic carbocycles. The van der Waals surface area contributed by atoms with Gasteiger partial charge in [0.25, 0.3) is 0 Å². The van der Waals surface area contributed by atoms with Crippen LogP contribution in [0.15, 0.2) is 12.2 Å². The van der Waals surface area contributed by atoms with Gasteiger partial charge in [0.15, 0.2) is 6.29 Å². The molecule has 1 heterocycles. The summed E-state index contributed by atoms with van der Waals surface area (Å²) in [5.74, 6) is -0.317. The first-order valence-electron chi connectivity index (χ1n) is 26.8. The first-order valence-corrected chi connectivity index (χ1v) is 26.8. The molecule has 0 aromatic heterocycles. The molecule has 0 bridgehead atoms. The number of rotatable bonds is 47. The maximum absolute atomic E-state index is 12.8. The van der Waals surface area contributed by atoms with Crippen molar-refractivity contribution in [3.63, 3.8) is 0 Å². The number of aliphatic hydroxyl groups is 4. The molecule has 368 valence electrons. The number of esters is 1. The number of hydrogen-bond acceptors (Lipinski definition) is 9. The number of allylic oxidation sites excluding steroid dienone is 2. The minimum atomic E-state index is -1.53. The lowest BCUT2D eigenvalue weighted by Crippen LogP contribution is -2.59. The van der Waals surface area contributed by atoms with Crippen LogP contribution < -0.4 is 0 Å². The van der Waals surface area contributed by atoms with Gasteiger partial charge >= 0.3 is 5.97 Å². The number of carbonyl (C=O) groups is 1. The van der Waals surface area contributed by atoms with Gasteiger partial charge in [0.05, 0.1) is 19.8 Å². The first-order chi connectivity index (χ1) is 30.4. The van der Waals surface area contributed by atoms with E-state index in [2.05, 4.69) is 26.0 Å². The van der Waals surface area contributed by atoms with Crippen LogP contribution in [0.4, 0.5) is 0 Å². The fourth-order valence-corrected chi connectivity index (χ4v) is 8.49. The van der Waals surface area contributed by atoms with E-state index in [0.29, 0.717) is 13.0 Å². The molecule has 9 heteroatoms. The topological polar surface area (TPSA) is 135 Å². The Morgan fingerprint density at radius 1 is 0.500 bits per heavy atom. The fraction of sp³-hybridized carbons (Fsp3) is 0.943. The van der Waals surface area contributed by atoms with Crippen molar-refractivity contribution in [1.29, 1.82) is 0 Å². The van der Waals surface area contributed by atoms with Crippen LogP contribution in [0.1, 0.15) is 258 Å². The summed E-state index contributed by atoms with van der Waals surface area (Å²) < 4.78 is 22.9. The molecule has 4 N–H and O–H groups in total. The molecular weight excluding hydrogens is 781 g/mol. The van der Waals surface area contributed by atoms with Gasteiger partial charge < -0.3 is 39.4 Å². The van der Waals surface area contributed by atoms with Crippen molar-refractivity contribution in [2.75, 3.05) is 26.4 Å². The van der Waals surface area contributed by atoms with E-state index < -0.39 is 43.4 Å². The average Bonchev–Trinajstić information content (AvgIpc) is 3.27. The lowest BCUT2D eigenvalue weighted by molar-refractivity contribution is -0.305. The Bertz CT molecular complexity index is 961. The summed E-state index contributed by atoms with van der Waals surface area (Å²) in [6.45, 7) is 4.59. The second-order valence-corrected chi connectivity index (χ2v) is 18.7. The summed E-state index contributed by atoms with van der Waals surface area (Å²) >= 11 is 0. The second kappa shape index (κ2) is 45.1. The number of hydrogen-bond donors (Lipinski definition) is 4. The summed E-state index contributed by atoms with van der Waals surface area (Å²) in [5, 5.41) is 40.2. The molecule has 1 aliphatic rings. The predicted molar refractivity (Wildman–Crippen MR) is 256 cm³/mol. The van der Waals surface area contributed by atoms with Gasteiger partial charge in [-0.05, 0) is 38.5 Å². The van der Waals surface area contributed by atoms with E-state index in [9.17, 15) is 25.2 Å². The van der Waals surface area contributed by atoms with Crippen molar-refractivity contribution in [3.8, 4) is 0 Å². The van der Waals surface area contributed by atoms with E-state index in [1.807, 2.05) is 0 Å². The van der Waals surface area contributed by atoms with Crippen LogP contribution in [0.2, 0.25) is 0 Å². The molecule has 62 heavy (non-hydrogen) atoms. The summed E-state index contributed by atoms with van der Waals surface area (Å²) in [4.78, 5) is 12.8. The minimum Gasteiger partial charge on any atom is -0.457 e. The SMILES string of the molecule is CCCCCCC/C=C\CCCCCCCC(=O)OC(COCCCCCCCCCCCCCCCCCCCCCCCCCCC)COC1OC(CO)C(O)C(O)C1O. The molecule has 1 aliphatic heterocycles.